The van der Waals surface area contributed by atoms with Crippen molar-refractivity contribution in [2.45, 2.75) is 58.5 Å². The Hall–Kier alpha value is -1.88. The molecule has 0 saturated carbocycles. The van der Waals surface area contributed by atoms with Gasteiger partial charge >= 0.3 is 7.12 Å². The van der Waals surface area contributed by atoms with Crippen LogP contribution in [0, 0.1) is 5.92 Å². The molecule has 0 N–H and O–H groups in total. The van der Waals surface area contributed by atoms with Gasteiger partial charge in [-0.2, -0.15) is 0 Å². The summed E-state index contributed by atoms with van der Waals surface area (Å²) < 4.78 is 18.5. The van der Waals surface area contributed by atoms with Gasteiger partial charge in [-0.05, 0) is 38.8 Å². The van der Waals surface area contributed by atoms with Crippen molar-refractivity contribution >= 4 is 7.12 Å². The summed E-state index contributed by atoms with van der Waals surface area (Å²) in [6.07, 6.45) is 2.10. The van der Waals surface area contributed by atoms with Crippen molar-refractivity contribution in [3.05, 3.63) is 83.8 Å². The van der Waals surface area contributed by atoms with Gasteiger partial charge in [-0.1, -0.05) is 79.6 Å². The average Bonchev–Trinajstić information content (AvgIpc) is 2.88. The first-order valence-corrected chi connectivity index (χ1v) is 10.0. The third kappa shape index (κ3) is 4.94. The summed E-state index contributed by atoms with van der Waals surface area (Å²) in [4.78, 5) is 0. The minimum absolute atomic E-state index is 0.0416. The van der Waals surface area contributed by atoms with Crippen LogP contribution in [0.3, 0.4) is 0 Å². The van der Waals surface area contributed by atoms with E-state index in [0.717, 1.165) is 0 Å². The summed E-state index contributed by atoms with van der Waals surface area (Å²) >= 11 is 0. The summed E-state index contributed by atoms with van der Waals surface area (Å²) in [6, 6.07) is 20.7. The van der Waals surface area contributed by atoms with Gasteiger partial charge in [0.2, 0.25) is 0 Å². The second-order valence-electron chi connectivity index (χ2n) is 8.50. The highest BCUT2D eigenvalue weighted by Gasteiger charge is 2.50. The van der Waals surface area contributed by atoms with Crippen molar-refractivity contribution in [2.24, 2.45) is 5.92 Å². The minimum atomic E-state index is -0.335. The Morgan fingerprint density at radius 1 is 0.893 bits per heavy atom. The summed E-state index contributed by atoms with van der Waals surface area (Å²) in [5.41, 5.74) is 1.69. The van der Waals surface area contributed by atoms with E-state index in [9.17, 15) is 0 Å². The van der Waals surface area contributed by atoms with Crippen LogP contribution in [0.1, 0.15) is 51.8 Å². The van der Waals surface area contributed by atoms with E-state index in [1.165, 1.54) is 11.1 Å². The monoisotopic (exact) mass is 378 g/mol. The SMILES string of the molecule is C[C@H](/C=C/B1OC(C)(C)C(C)(C)O1)[C@H](OCc1ccccc1)c1ccccc1. The lowest BCUT2D eigenvalue weighted by atomic mass is 9.86. The van der Waals surface area contributed by atoms with Crippen LogP contribution in [-0.2, 0) is 20.7 Å². The van der Waals surface area contributed by atoms with Crippen LogP contribution in [0.2, 0.25) is 0 Å². The molecule has 1 aliphatic heterocycles. The van der Waals surface area contributed by atoms with Crippen LogP contribution < -0.4 is 0 Å². The Balaban J connectivity index is 1.71. The first-order valence-electron chi connectivity index (χ1n) is 10.0. The fraction of sp³-hybridized carbons (Fsp3) is 0.417. The zero-order valence-electron chi connectivity index (χ0n) is 17.6. The number of rotatable bonds is 7. The average molecular weight is 378 g/mol. The maximum absolute atomic E-state index is 6.34. The van der Waals surface area contributed by atoms with Gasteiger partial charge in [-0.3, -0.25) is 0 Å². The lowest BCUT2D eigenvalue weighted by molar-refractivity contribution is 0.00578. The van der Waals surface area contributed by atoms with Crippen molar-refractivity contribution in [2.75, 3.05) is 0 Å². The smallest absolute Gasteiger partial charge is 0.400 e. The molecule has 1 aliphatic rings. The zero-order valence-corrected chi connectivity index (χ0v) is 17.6. The van der Waals surface area contributed by atoms with Crippen LogP contribution in [0.15, 0.2) is 72.7 Å². The Bertz CT molecular complexity index is 755. The molecule has 2 atom stereocenters. The molecule has 0 amide bonds. The van der Waals surface area contributed by atoms with Crippen LogP contribution in [0.4, 0.5) is 0 Å². The molecule has 0 radical (unpaired) electrons. The summed E-state index contributed by atoms with van der Waals surface area (Å²) in [5.74, 6) is 2.19. The molecule has 0 unspecified atom stereocenters. The summed E-state index contributed by atoms with van der Waals surface area (Å²) in [7, 11) is -0.335. The molecular weight excluding hydrogens is 347 g/mol. The number of hydrogen-bond acceptors (Lipinski definition) is 3. The first-order chi connectivity index (χ1) is 13.3. The largest absolute Gasteiger partial charge is 0.486 e. The molecule has 4 heteroatoms. The molecule has 0 bridgehead atoms. The van der Waals surface area contributed by atoms with E-state index in [2.05, 4.69) is 77.1 Å². The molecule has 1 fully saturated rings. The van der Waals surface area contributed by atoms with E-state index in [1.54, 1.807) is 0 Å². The van der Waals surface area contributed by atoms with Crippen LogP contribution in [0.25, 0.3) is 0 Å². The Labute approximate surface area is 169 Å². The maximum Gasteiger partial charge on any atom is 0.486 e. The Kier molecular flexibility index (Phi) is 6.44. The lowest BCUT2D eigenvalue weighted by Gasteiger charge is -2.32. The summed E-state index contributed by atoms with van der Waals surface area (Å²) in [6.45, 7) is 11.0. The van der Waals surface area contributed by atoms with Gasteiger partial charge in [0, 0.05) is 5.92 Å². The second kappa shape index (κ2) is 8.65. The third-order valence-corrected chi connectivity index (χ3v) is 5.72. The first kappa shape index (κ1) is 20.8. The van der Waals surface area contributed by atoms with Gasteiger partial charge in [0.05, 0.1) is 23.9 Å². The van der Waals surface area contributed by atoms with Gasteiger partial charge < -0.3 is 14.0 Å². The second-order valence-corrected chi connectivity index (χ2v) is 8.50. The van der Waals surface area contributed by atoms with Crippen molar-refractivity contribution in [3.63, 3.8) is 0 Å². The van der Waals surface area contributed by atoms with Gasteiger partial charge in [-0.15, -0.1) is 0 Å². The van der Waals surface area contributed by atoms with Crippen molar-refractivity contribution in [1.29, 1.82) is 0 Å². The molecule has 0 aliphatic carbocycles. The third-order valence-electron chi connectivity index (χ3n) is 5.72. The molecule has 0 spiro atoms. The van der Waals surface area contributed by atoms with Crippen molar-refractivity contribution in [3.8, 4) is 0 Å². The number of benzene rings is 2. The Morgan fingerprint density at radius 2 is 1.43 bits per heavy atom. The van der Waals surface area contributed by atoms with Crippen molar-refractivity contribution < 1.29 is 14.0 Å². The summed E-state index contributed by atoms with van der Waals surface area (Å²) in [5, 5.41) is 0. The van der Waals surface area contributed by atoms with E-state index in [4.69, 9.17) is 14.0 Å². The van der Waals surface area contributed by atoms with Crippen LogP contribution in [0.5, 0.6) is 0 Å². The van der Waals surface area contributed by atoms with Gasteiger partial charge in [0.15, 0.2) is 0 Å². The molecule has 2 aromatic rings. The van der Waals surface area contributed by atoms with E-state index in [0.29, 0.717) is 6.61 Å². The highest BCUT2D eigenvalue weighted by atomic mass is 16.7. The Morgan fingerprint density at radius 3 is 2.00 bits per heavy atom. The topological polar surface area (TPSA) is 27.7 Å². The van der Waals surface area contributed by atoms with E-state index >= 15 is 0 Å². The zero-order chi connectivity index (χ0) is 20.2. The highest BCUT2D eigenvalue weighted by Crippen LogP contribution is 2.37. The van der Waals surface area contributed by atoms with Crippen LogP contribution in [-0.4, -0.2) is 18.3 Å². The molecular formula is C24H31BO3. The predicted molar refractivity (Wildman–Crippen MR) is 115 cm³/mol. The molecule has 148 valence electrons. The molecule has 1 saturated heterocycles. The number of ether oxygens (including phenoxy) is 1. The number of hydrogen-bond donors (Lipinski definition) is 0. The van der Waals surface area contributed by atoms with E-state index in [1.807, 2.05) is 30.2 Å². The lowest BCUT2D eigenvalue weighted by Crippen LogP contribution is -2.41. The van der Waals surface area contributed by atoms with Gasteiger partial charge in [0.1, 0.15) is 0 Å². The molecule has 28 heavy (non-hydrogen) atoms. The minimum Gasteiger partial charge on any atom is -0.400 e. The molecule has 3 nitrogen and oxygen atoms in total. The quantitative estimate of drug-likeness (QED) is 0.573. The molecule has 0 aromatic heterocycles. The normalized spacial score (nSPS) is 20.4. The van der Waals surface area contributed by atoms with Gasteiger partial charge in [-0.25, -0.2) is 0 Å². The van der Waals surface area contributed by atoms with Gasteiger partial charge in [0.25, 0.3) is 0 Å². The molecule has 3 rings (SSSR count). The van der Waals surface area contributed by atoms with Crippen LogP contribution >= 0.6 is 0 Å². The highest BCUT2D eigenvalue weighted by molar-refractivity contribution is 6.51. The predicted octanol–water partition coefficient (Wildman–Crippen LogP) is 5.77. The van der Waals surface area contributed by atoms with E-state index < -0.39 is 0 Å². The molecule has 1 heterocycles. The van der Waals surface area contributed by atoms with E-state index in [-0.39, 0.29) is 30.3 Å². The maximum atomic E-state index is 6.34. The fourth-order valence-electron chi connectivity index (χ4n) is 3.29. The fourth-order valence-corrected chi connectivity index (χ4v) is 3.29. The molecule has 2 aromatic carbocycles. The standard InChI is InChI=1S/C24H31BO3/c1-19(16-17-25-27-23(2,3)24(4,5)28-25)22(21-14-10-7-11-15-21)26-18-20-12-8-6-9-13-20/h6-17,19,22H,18H2,1-5H3/b17-16+/t19-,22+/m1/s1. The van der Waals surface area contributed by atoms with Crippen molar-refractivity contribution in [1.82, 2.24) is 0 Å².